The van der Waals surface area contributed by atoms with E-state index >= 15 is 0 Å². The lowest BCUT2D eigenvalue weighted by molar-refractivity contribution is 0.112. The minimum atomic E-state index is -0.365. The first-order valence-corrected chi connectivity index (χ1v) is 4.99. The van der Waals surface area contributed by atoms with Crippen molar-refractivity contribution in [3.8, 4) is 0 Å². The molecule has 0 atom stereocenters. The summed E-state index contributed by atoms with van der Waals surface area (Å²) in [5.74, 6) is -0.365. The number of ether oxygens (including phenoxy) is 1. The second kappa shape index (κ2) is 4.45. The summed E-state index contributed by atoms with van der Waals surface area (Å²) in [6.45, 7) is 1.13. The highest BCUT2D eigenvalue weighted by Gasteiger charge is 2.11. The standard InChI is InChI=1S/C12H12FNO2/c1-16-6-5-14-7-9(8-15)12-10(13)3-2-4-11(12)14/h2-4,7-8H,5-6H2,1H3. The van der Waals surface area contributed by atoms with Gasteiger partial charge in [0.05, 0.1) is 12.1 Å². The zero-order valence-corrected chi connectivity index (χ0v) is 8.94. The van der Waals surface area contributed by atoms with Crippen molar-refractivity contribution in [1.82, 2.24) is 4.57 Å². The predicted molar refractivity (Wildman–Crippen MR) is 59.2 cm³/mol. The monoisotopic (exact) mass is 221 g/mol. The number of aromatic nitrogens is 1. The molecule has 84 valence electrons. The third kappa shape index (κ3) is 1.72. The zero-order chi connectivity index (χ0) is 11.5. The Kier molecular flexibility index (Phi) is 3.01. The fourth-order valence-electron chi connectivity index (χ4n) is 1.80. The van der Waals surface area contributed by atoms with Crippen LogP contribution in [0.15, 0.2) is 24.4 Å². The van der Waals surface area contributed by atoms with Gasteiger partial charge in [0.15, 0.2) is 6.29 Å². The molecular weight excluding hydrogens is 209 g/mol. The fourth-order valence-corrected chi connectivity index (χ4v) is 1.80. The fraction of sp³-hybridized carbons (Fsp3) is 0.250. The molecule has 0 radical (unpaired) electrons. The number of nitrogens with zero attached hydrogens (tertiary/aromatic N) is 1. The number of aldehydes is 1. The molecule has 0 aliphatic heterocycles. The molecule has 0 saturated carbocycles. The van der Waals surface area contributed by atoms with Crippen molar-refractivity contribution < 1.29 is 13.9 Å². The average molecular weight is 221 g/mol. The van der Waals surface area contributed by atoms with Crippen LogP contribution in [0.2, 0.25) is 0 Å². The molecule has 0 bridgehead atoms. The van der Waals surface area contributed by atoms with Crippen LogP contribution in [-0.4, -0.2) is 24.6 Å². The molecule has 1 heterocycles. The van der Waals surface area contributed by atoms with Crippen molar-refractivity contribution in [2.45, 2.75) is 6.54 Å². The number of carbonyl (C=O) groups is 1. The highest BCUT2D eigenvalue weighted by Crippen LogP contribution is 2.23. The Bertz CT molecular complexity index is 519. The molecule has 0 amide bonds. The Balaban J connectivity index is 2.59. The van der Waals surface area contributed by atoms with Gasteiger partial charge in [0.1, 0.15) is 5.82 Å². The van der Waals surface area contributed by atoms with Gasteiger partial charge in [-0.15, -0.1) is 0 Å². The largest absolute Gasteiger partial charge is 0.383 e. The van der Waals surface area contributed by atoms with E-state index < -0.39 is 0 Å². The third-order valence-corrected chi connectivity index (χ3v) is 2.55. The van der Waals surface area contributed by atoms with Gasteiger partial charge in [-0.1, -0.05) is 6.07 Å². The van der Waals surface area contributed by atoms with Gasteiger partial charge in [-0.2, -0.15) is 0 Å². The van der Waals surface area contributed by atoms with Crippen LogP contribution < -0.4 is 0 Å². The van der Waals surface area contributed by atoms with Crippen LogP contribution in [0.5, 0.6) is 0 Å². The van der Waals surface area contributed by atoms with E-state index in [-0.39, 0.29) is 5.82 Å². The quantitative estimate of drug-likeness (QED) is 0.741. The van der Waals surface area contributed by atoms with Crippen LogP contribution in [0.1, 0.15) is 10.4 Å². The van der Waals surface area contributed by atoms with Crippen molar-refractivity contribution in [2.75, 3.05) is 13.7 Å². The molecule has 1 aromatic heterocycles. The number of hydrogen-bond acceptors (Lipinski definition) is 2. The number of rotatable bonds is 4. The van der Waals surface area contributed by atoms with E-state index in [1.807, 2.05) is 4.57 Å². The summed E-state index contributed by atoms with van der Waals surface area (Å²) in [6.07, 6.45) is 2.33. The summed E-state index contributed by atoms with van der Waals surface area (Å²) in [7, 11) is 1.60. The van der Waals surface area contributed by atoms with Gasteiger partial charge in [0.25, 0.3) is 0 Å². The number of methoxy groups -OCH3 is 1. The molecule has 1 aromatic carbocycles. The lowest BCUT2D eigenvalue weighted by atomic mass is 10.2. The Morgan fingerprint density at radius 1 is 1.50 bits per heavy atom. The normalized spacial score (nSPS) is 10.9. The molecule has 0 N–H and O–H groups in total. The lowest BCUT2D eigenvalue weighted by Gasteiger charge is -2.03. The summed E-state index contributed by atoms with van der Waals surface area (Å²) in [6, 6.07) is 4.78. The summed E-state index contributed by atoms with van der Waals surface area (Å²) >= 11 is 0. The topological polar surface area (TPSA) is 31.2 Å². The molecule has 16 heavy (non-hydrogen) atoms. The van der Waals surface area contributed by atoms with E-state index in [0.29, 0.717) is 30.4 Å². The molecule has 0 spiro atoms. The summed E-state index contributed by atoms with van der Waals surface area (Å²) in [4.78, 5) is 10.8. The Labute approximate surface area is 92.4 Å². The van der Waals surface area contributed by atoms with Gasteiger partial charge < -0.3 is 9.30 Å². The second-order valence-corrected chi connectivity index (χ2v) is 3.52. The molecule has 3 nitrogen and oxygen atoms in total. The van der Waals surface area contributed by atoms with Crippen molar-refractivity contribution in [3.63, 3.8) is 0 Å². The first kappa shape index (κ1) is 10.8. The Morgan fingerprint density at radius 2 is 2.31 bits per heavy atom. The van der Waals surface area contributed by atoms with E-state index in [2.05, 4.69) is 0 Å². The molecule has 0 aliphatic carbocycles. The second-order valence-electron chi connectivity index (χ2n) is 3.52. The first-order valence-electron chi connectivity index (χ1n) is 4.99. The Hall–Kier alpha value is -1.68. The third-order valence-electron chi connectivity index (χ3n) is 2.55. The minimum Gasteiger partial charge on any atom is -0.383 e. The molecule has 0 fully saturated rings. The van der Waals surface area contributed by atoms with Crippen molar-refractivity contribution in [1.29, 1.82) is 0 Å². The lowest BCUT2D eigenvalue weighted by Crippen LogP contribution is -2.02. The number of hydrogen-bond donors (Lipinski definition) is 0. The molecule has 0 aliphatic rings. The maximum Gasteiger partial charge on any atom is 0.152 e. The highest BCUT2D eigenvalue weighted by molar-refractivity contribution is 5.97. The number of halogens is 1. The van der Waals surface area contributed by atoms with Gasteiger partial charge in [-0.05, 0) is 12.1 Å². The highest BCUT2D eigenvalue weighted by atomic mass is 19.1. The van der Waals surface area contributed by atoms with E-state index in [0.717, 1.165) is 5.52 Å². The molecule has 4 heteroatoms. The molecule has 2 rings (SSSR count). The molecule has 0 saturated heterocycles. The van der Waals surface area contributed by atoms with E-state index in [1.54, 1.807) is 25.4 Å². The van der Waals surface area contributed by atoms with Gasteiger partial charge in [0.2, 0.25) is 0 Å². The summed E-state index contributed by atoms with van der Waals surface area (Å²) < 4.78 is 20.4. The molecule has 0 unspecified atom stereocenters. The van der Waals surface area contributed by atoms with Crippen LogP contribution in [-0.2, 0) is 11.3 Å². The maximum absolute atomic E-state index is 13.6. The minimum absolute atomic E-state index is 0.365. The van der Waals surface area contributed by atoms with E-state index in [4.69, 9.17) is 4.74 Å². The van der Waals surface area contributed by atoms with Gasteiger partial charge >= 0.3 is 0 Å². The maximum atomic E-state index is 13.6. The van der Waals surface area contributed by atoms with E-state index in [1.165, 1.54) is 6.07 Å². The first-order chi connectivity index (χ1) is 7.77. The van der Waals surface area contributed by atoms with Crippen molar-refractivity contribution >= 4 is 17.2 Å². The van der Waals surface area contributed by atoms with Gasteiger partial charge in [-0.3, -0.25) is 4.79 Å². The van der Waals surface area contributed by atoms with Gasteiger partial charge in [0, 0.05) is 30.8 Å². The number of fused-ring (bicyclic) bond motifs is 1. The Morgan fingerprint density at radius 3 is 3.00 bits per heavy atom. The predicted octanol–water partition coefficient (Wildman–Crippen LogP) is 2.24. The SMILES string of the molecule is COCCn1cc(C=O)c2c(F)cccc21. The van der Waals surface area contributed by atoms with Crippen molar-refractivity contribution in [3.05, 3.63) is 35.8 Å². The average Bonchev–Trinajstić information content (AvgIpc) is 2.66. The van der Waals surface area contributed by atoms with E-state index in [9.17, 15) is 9.18 Å². The van der Waals surface area contributed by atoms with Crippen LogP contribution in [0.4, 0.5) is 4.39 Å². The number of carbonyl (C=O) groups excluding carboxylic acids is 1. The van der Waals surface area contributed by atoms with Crippen LogP contribution in [0.25, 0.3) is 10.9 Å². The summed E-state index contributed by atoms with van der Waals surface area (Å²) in [5, 5.41) is 0.383. The van der Waals surface area contributed by atoms with Crippen LogP contribution >= 0.6 is 0 Å². The van der Waals surface area contributed by atoms with Gasteiger partial charge in [-0.25, -0.2) is 4.39 Å². The summed E-state index contributed by atoms with van der Waals surface area (Å²) in [5.41, 5.74) is 1.10. The van der Waals surface area contributed by atoms with Crippen LogP contribution in [0, 0.1) is 5.82 Å². The van der Waals surface area contributed by atoms with Crippen LogP contribution in [0.3, 0.4) is 0 Å². The molecule has 2 aromatic rings. The number of benzene rings is 1. The smallest absolute Gasteiger partial charge is 0.152 e. The van der Waals surface area contributed by atoms with Crippen molar-refractivity contribution in [2.24, 2.45) is 0 Å². The zero-order valence-electron chi connectivity index (χ0n) is 8.94. The molecular formula is C12H12FNO2.